The van der Waals surface area contributed by atoms with Crippen molar-refractivity contribution in [3.63, 3.8) is 0 Å². The molecule has 0 saturated carbocycles. The number of ether oxygens (including phenoxy) is 2. The predicted molar refractivity (Wildman–Crippen MR) is 93.2 cm³/mol. The van der Waals surface area contributed by atoms with E-state index in [1.165, 1.54) is 0 Å². The summed E-state index contributed by atoms with van der Waals surface area (Å²) in [5.74, 6) is 1.88. The molecule has 0 spiro atoms. The third-order valence-corrected chi connectivity index (χ3v) is 3.54. The first-order valence-electron chi connectivity index (χ1n) is 7.67. The molecule has 4 nitrogen and oxygen atoms in total. The maximum atomic E-state index is 9.06. The Kier molecular flexibility index (Phi) is 4.95. The van der Waals surface area contributed by atoms with E-state index < -0.39 is 0 Å². The van der Waals surface area contributed by atoms with E-state index in [0.717, 1.165) is 11.3 Å². The van der Waals surface area contributed by atoms with Crippen LogP contribution in [0.5, 0.6) is 17.2 Å². The Hall–Kier alpha value is -3.76. The second kappa shape index (κ2) is 7.68. The Balaban J connectivity index is 1.65. The predicted octanol–water partition coefficient (Wildman–Crippen LogP) is 4.80. The molecule has 25 heavy (non-hydrogen) atoms. The van der Waals surface area contributed by atoms with Gasteiger partial charge in [-0.25, -0.2) is 0 Å². The van der Waals surface area contributed by atoms with Crippen molar-refractivity contribution in [2.45, 2.75) is 6.61 Å². The summed E-state index contributed by atoms with van der Waals surface area (Å²) in [6.45, 7) is 0.502. The zero-order valence-corrected chi connectivity index (χ0v) is 13.3. The molecule has 0 unspecified atom stereocenters. The van der Waals surface area contributed by atoms with Crippen LogP contribution in [0.4, 0.5) is 0 Å². The Morgan fingerprint density at radius 1 is 0.680 bits per heavy atom. The lowest BCUT2D eigenvalue weighted by atomic mass is 10.1. The Morgan fingerprint density at radius 3 is 2.00 bits per heavy atom. The van der Waals surface area contributed by atoms with E-state index in [0.29, 0.717) is 29.2 Å². The highest BCUT2D eigenvalue weighted by Crippen LogP contribution is 2.26. The van der Waals surface area contributed by atoms with E-state index in [1.807, 2.05) is 54.6 Å². The van der Waals surface area contributed by atoms with Crippen LogP contribution in [0.25, 0.3) is 0 Å². The van der Waals surface area contributed by atoms with Crippen LogP contribution in [0.2, 0.25) is 0 Å². The van der Waals surface area contributed by atoms with Gasteiger partial charge in [-0.2, -0.15) is 10.5 Å². The third kappa shape index (κ3) is 4.16. The van der Waals surface area contributed by atoms with Crippen LogP contribution in [-0.2, 0) is 6.61 Å². The molecule has 0 fully saturated rings. The van der Waals surface area contributed by atoms with Crippen LogP contribution in [0.1, 0.15) is 16.7 Å². The number of hydrogen-bond acceptors (Lipinski definition) is 4. The molecule has 3 aromatic rings. The summed E-state index contributed by atoms with van der Waals surface area (Å²) in [5.41, 5.74) is 1.73. The maximum Gasteiger partial charge on any atom is 0.128 e. The highest BCUT2D eigenvalue weighted by Gasteiger charge is 2.05. The molecular formula is C21H14N2O2. The van der Waals surface area contributed by atoms with Gasteiger partial charge >= 0.3 is 0 Å². The van der Waals surface area contributed by atoms with Gasteiger partial charge in [-0.3, -0.25) is 0 Å². The van der Waals surface area contributed by atoms with Crippen molar-refractivity contribution in [2.24, 2.45) is 0 Å². The minimum Gasteiger partial charge on any atom is -0.489 e. The fraction of sp³-hybridized carbons (Fsp3) is 0.0476. The van der Waals surface area contributed by atoms with E-state index in [9.17, 15) is 0 Å². The Morgan fingerprint density at radius 2 is 1.32 bits per heavy atom. The van der Waals surface area contributed by atoms with E-state index in [4.69, 9.17) is 20.0 Å². The van der Waals surface area contributed by atoms with Gasteiger partial charge in [-0.1, -0.05) is 30.3 Å². The summed E-state index contributed by atoms with van der Waals surface area (Å²) in [4.78, 5) is 0. The molecule has 0 saturated heterocycles. The standard InChI is InChI=1S/C21H14N2O2/c22-13-17-6-7-21(12-18(17)14-23)25-20-10-8-19(9-11-20)24-15-16-4-2-1-3-5-16/h1-12H,15H2. The summed E-state index contributed by atoms with van der Waals surface area (Å²) in [7, 11) is 0. The third-order valence-electron chi connectivity index (χ3n) is 3.54. The van der Waals surface area contributed by atoms with Gasteiger partial charge in [0.1, 0.15) is 36.0 Å². The van der Waals surface area contributed by atoms with Crippen LogP contribution in [0.15, 0.2) is 72.8 Å². The molecule has 0 atom stereocenters. The van der Waals surface area contributed by atoms with Crippen molar-refractivity contribution in [2.75, 3.05) is 0 Å². The van der Waals surface area contributed by atoms with Gasteiger partial charge in [-0.05, 0) is 48.0 Å². The molecule has 0 radical (unpaired) electrons. The van der Waals surface area contributed by atoms with Gasteiger partial charge in [0.25, 0.3) is 0 Å². The SMILES string of the molecule is N#Cc1ccc(Oc2ccc(OCc3ccccc3)cc2)cc1C#N. The fourth-order valence-electron chi connectivity index (χ4n) is 2.26. The van der Waals surface area contributed by atoms with E-state index in [-0.39, 0.29) is 0 Å². The van der Waals surface area contributed by atoms with E-state index in [1.54, 1.807) is 30.3 Å². The summed E-state index contributed by atoms with van der Waals surface area (Å²) >= 11 is 0. The first kappa shape index (κ1) is 16.1. The lowest BCUT2D eigenvalue weighted by molar-refractivity contribution is 0.306. The molecule has 0 N–H and O–H groups in total. The van der Waals surface area contributed by atoms with Gasteiger partial charge in [0, 0.05) is 0 Å². The second-order valence-electron chi connectivity index (χ2n) is 5.28. The molecule has 0 aromatic heterocycles. The second-order valence-corrected chi connectivity index (χ2v) is 5.28. The lowest BCUT2D eigenvalue weighted by Crippen LogP contribution is -1.94. The highest BCUT2D eigenvalue weighted by molar-refractivity contribution is 5.50. The first-order chi connectivity index (χ1) is 12.3. The number of nitriles is 2. The average Bonchev–Trinajstić information content (AvgIpc) is 2.68. The summed E-state index contributed by atoms with van der Waals surface area (Å²) in [6.07, 6.45) is 0. The summed E-state index contributed by atoms with van der Waals surface area (Å²) in [6, 6.07) is 25.9. The Bertz CT molecular complexity index is 936. The highest BCUT2D eigenvalue weighted by atomic mass is 16.5. The maximum absolute atomic E-state index is 9.06. The minimum atomic E-state index is 0.294. The van der Waals surface area contributed by atoms with Crippen molar-refractivity contribution in [3.8, 4) is 29.4 Å². The van der Waals surface area contributed by atoms with Crippen molar-refractivity contribution in [1.82, 2.24) is 0 Å². The first-order valence-corrected chi connectivity index (χ1v) is 7.67. The number of hydrogen-bond donors (Lipinski definition) is 0. The zero-order valence-electron chi connectivity index (χ0n) is 13.3. The van der Waals surface area contributed by atoms with Gasteiger partial charge in [-0.15, -0.1) is 0 Å². The van der Waals surface area contributed by atoms with E-state index in [2.05, 4.69) is 0 Å². The van der Waals surface area contributed by atoms with Crippen molar-refractivity contribution in [1.29, 1.82) is 10.5 Å². The summed E-state index contributed by atoms with van der Waals surface area (Å²) in [5, 5.41) is 18.0. The quantitative estimate of drug-likeness (QED) is 0.675. The van der Waals surface area contributed by atoms with Gasteiger partial charge in [0.2, 0.25) is 0 Å². The minimum absolute atomic E-state index is 0.294. The van der Waals surface area contributed by atoms with E-state index >= 15 is 0 Å². The molecule has 0 aliphatic carbocycles. The molecule has 3 aromatic carbocycles. The molecule has 0 aliphatic rings. The summed E-state index contributed by atoms with van der Waals surface area (Å²) < 4.78 is 11.5. The Labute approximate surface area is 146 Å². The molecule has 120 valence electrons. The smallest absolute Gasteiger partial charge is 0.128 e. The van der Waals surface area contributed by atoms with Crippen LogP contribution in [0, 0.1) is 22.7 Å². The van der Waals surface area contributed by atoms with Crippen molar-refractivity contribution >= 4 is 0 Å². The average molecular weight is 326 g/mol. The lowest BCUT2D eigenvalue weighted by Gasteiger charge is -2.09. The monoisotopic (exact) mass is 326 g/mol. The molecule has 0 aliphatic heterocycles. The van der Waals surface area contributed by atoms with Crippen molar-refractivity contribution in [3.05, 3.63) is 89.5 Å². The van der Waals surface area contributed by atoms with Gasteiger partial charge < -0.3 is 9.47 Å². The van der Waals surface area contributed by atoms with Crippen LogP contribution >= 0.6 is 0 Å². The molecule has 4 heteroatoms. The molecular weight excluding hydrogens is 312 g/mol. The molecule has 0 bridgehead atoms. The number of benzene rings is 3. The van der Waals surface area contributed by atoms with Crippen molar-refractivity contribution < 1.29 is 9.47 Å². The van der Waals surface area contributed by atoms with Gasteiger partial charge in [0.05, 0.1) is 11.1 Å². The number of nitrogens with zero attached hydrogens (tertiary/aromatic N) is 2. The largest absolute Gasteiger partial charge is 0.489 e. The number of rotatable bonds is 5. The van der Waals surface area contributed by atoms with Crippen LogP contribution in [0.3, 0.4) is 0 Å². The van der Waals surface area contributed by atoms with Crippen LogP contribution < -0.4 is 9.47 Å². The van der Waals surface area contributed by atoms with Gasteiger partial charge in [0.15, 0.2) is 0 Å². The normalized spacial score (nSPS) is 9.68. The molecule has 3 rings (SSSR count). The zero-order chi connectivity index (χ0) is 17.5. The molecule has 0 amide bonds. The molecule has 0 heterocycles. The van der Waals surface area contributed by atoms with Crippen LogP contribution in [-0.4, -0.2) is 0 Å². The topological polar surface area (TPSA) is 66.0 Å². The fourth-order valence-corrected chi connectivity index (χ4v) is 2.26.